The fraction of sp³-hybridized carbons (Fsp3) is 0.318. The Morgan fingerprint density at radius 3 is 2.29 bits per heavy atom. The van der Waals surface area contributed by atoms with Gasteiger partial charge in [0.25, 0.3) is 0 Å². The van der Waals surface area contributed by atoms with Crippen molar-refractivity contribution in [1.29, 1.82) is 0 Å². The number of nitrogens with zero attached hydrogens (tertiary/aromatic N) is 2. The molecule has 6 heteroatoms. The Hall–Kier alpha value is -2.21. The third-order valence-electron chi connectivity index (χ3n) is 5.08. The third kappa shape index (κ3) is 4.27. The summed E-state index contributed by atoms with van der Waals surface area (Å²) < 4.78 is 34.0. The fourth-order valence-corrected chi connectivity index (χ4v) is 3.72. The van der Waals surface area contributed by atoms with Crippen LogP contribution >= 0.6 is 0 Å². The molecule has 1 aromatic heterocycles. The lowest BCUT2D eigenvalue weighted by Gasteiger charge is -2.06. The lowest BCUT2D eigenvalue weighted by molar-refractivity contribution is -0.763. The first-order valence-electron chi connectivity index (χ1n) is 9.38. The van der Waals surface area contributed by atoms with Gasteiger partial charge in [0.05, 0.1) is 6.54 Å². The van der Waals surface area contributed by atoms with Gasteiger partial charge in [-0.2, -0.15) is 13.5 Å². The molecule has 0 atom stereocenters. The van der Waals surface area contributed by atoms with Crippen molar-refractivity contribution >= 4 is 0 Å². The number of halogens is 3. The van der Waals surface area contributed by atoms with Crippen molar-refractivity contribution < 1.29 is 35.2 Å². The van der Waals surface area contributed by atoms with Gasteiger partial charge in [-0.05, 0) is 44.0 Å². The van der Waals surface area contributed by atoms with Crippen molar-refractivity contribution in [3.8, 4) is 28.3 Å². The zero-order valence-corrected chi connectivity index (χ0v) is 17.3. The molecule has 3 aromatic rings. The molecule has 4 rings (SSSR count). The lowest BCUT2D eigenvalue weighted by atomic mass is 10.1. The molecular formula is C22H23BrF2N2O. The summed E-state index contributed by atoms with van der Waals surface area (Å²) >= 11 is 0. The van der Waals surface area contributed by atoms with Gasteiger partial charge in [-0.3, -0.25) is 0 Å². The Kier molecular flexibility index (Phi) is 6.50. The van der Waals surface area contributed by atoms with E-state index < -0.39 is 6.61 Å². The van der Waals surface area contributed by atoms with Gasteiger partial charge in [0.1, 0.15) is 11.4 Å². The summed E-state index contributed by atoms with van der Waals surface area (Å²) in [5, 5.41) is 0. The Morgan fingerprint density at radius 1 is 0.929 bits per heavy atom. The van der Waals surface area contributed by atoms with Gasteiger partial charge < -0.3 is 21.7 Å². The summed E-state index contributed by atoms with van der Waals surface area (Å²) in [5.41, 5.74) is 5.74. The number of aromatic nitrogens is 2. The number of ether oxygens (including phenoxy) is 1. The van der Waals surface area contributed by atoms with Crippen LogP contribution in [0, 0.1) is 6.92 Å². The van der Waals surface area contributed by atoms with Gasteiger partial charge in [-0.15, -0.1) is 4.68 Å². The molecule has 0 aliphatic carbocycles. The molecule has 0 fully saturated rings. The Balaban J connectivity index is 0.00000225. The zero-order chi connectivity index (χ0) is 18.8. The first kappa shape index (κ1) is 20.5. The maximum absolute atomic E-state index is 12.4. The van der Waals surface area contributed by atoms with E-state index in [1.807, 2.05) is 12.1 Å². The molecule has 0 amide bonds. The number of fused-ring (bicyclic) bond motifs is 1. The normalized spacial score (nSPS) is 13.6. The summed E-state index contributed by atoms with van der Waals surface area (Å²) in [6.45, 7) is 1.22. The first-order chi connectivity index (χ1) is 13.1. The SMILES string of the molecule is Cc1ccc(-c2cc(-c3ccc(OC(F)F)cc3)[n+]3n2CCCCC3)cc1.[Br-]. The van der Waals surface area contributed by atoms with E-state index in [9.17, 15) is 8.78 Å². The molecule has 0 bridgehead atoms. The van der Waals surface area contributed by atoms with Gasteiger partial charge >= 0.3 is 6.61 Å². The number of aryl methyl sites for hydroxylation is 1. The van der Waals surface area contributed by atoms with Crippen LogP contribution in [0.4, 0.5) is 8.78 Å². The monoisotopic (exact) mass is 448 g/mol. The highest BCUT2D eigenvalue weighted by atomic mass is 79.9. The van der Waals surface area contributed by atoms with Crippen LogP contribution in [0.15, 0.2) is 54.6 Å². The van der Waals surface area contributed by atoms with E-state index >= 15 is 0 Å². The second-order valence-corrected chi connectivity index (χ2v) is 6.99. The van der Waals surface area contributed by atoms with Gasteiger partial charge in [0.15, 0.2) is 6.54 Å². The lowest BCUT2D eigenvalue weighted by Crippen LogP contribution is -3.00. The standard InChI is InChI=1S/C22H23F2N2O.BrH/c1-16-5-7-17(8-6-16)20-15-21(26-14-4-2-3-13-25(20)26)18-9-11-19(12-10-18)27-22(23)24;/h5-12,15,22H,2-4,13-14H2,1H3;1H/q+1;/p-1. The van der Waals surface area contributed by atoms with E-state index in [-0.39, 0.29) is 22.7 Å². The van der Waals surface area contributed by atoms with E-state index in [0.717, 1.165) is 37.2 Å². The summed E-state index contributed by atoms with van der Waals surface area (Å²) in [4.78, 5) is 0. The molecule has 0 radical (unpaired) electrons. The number of rotatable bonds is 4. The molecule has 0 spiro atoms. The maximum atomic E-state index is 12.4. The van der Waals surface area contributed by atoms with Crippen LogP contribution in [0.3, 0.4) is 0 Å². The van der Waals surface area contributed by atoms with Crippen LogP contribution in [0.25, 0.3) is 22.5 Å². The van der Waals surface area contributed by atoms with Gasteiger partial charge in [0, 0.05) is 23.6 Å². The molecule has 1 aliphatic heterocycles. The summed E-state index contributed by atoms with van der Waals surface area (Å²) in [6.07, 6.45) is 3.51. The highest BCUT2D eigenvalue weighted by Gasteiger charge is 2.26. The van der Waals surface area contributed by atoms with E-state index in [1.165, 1.54) is 23.2 Å². The van der Waals surface area contributed by atoms with Gasteiger partial charge in [-0.25, -0.2) is 0 Å². The molecule has 0 N–H and O–H groups in total. The predicted octanol–water partition coefficient (Wildman–Crippen LogP) is 2.21. The third-order valence-corrected chi connectivity index (χ3v) is 5.08. The van der Waals surface area contributed by atoms with Crippen LogP contribution in [0.5, 0.6) is 5.75 Å². The van der Waals surface area contributed by atoms with E-state index in [4.69, 9.17) is 0 Å². The molecule has 0 saturated heterocycles. The van der Waals surface area contributed by atoms with Crippen LogP contribution in [0.1, 0.15) is 24.8 Å². The smallest absolute Gasteiger partial charge is 0.387 e. The molecule has 0 saturated carbocycles. The minimum atomic E-state index is -2.80. The van der Waals surface area contributed by atoms with Crippen molar-refractivity contribution in [2.75, 3.05) is 0 Å². The molecule has 28 heavy (non-hydrogen) atoms. The molecular weight excluding hydrogens is 426 g/mol. The number of hydrogen-bond acceptors (Lipinski definition) is 1. The van der Waals surface area contributed by atoms with Crippen LogP contribution in [-0.4, -0.2) is 11.3 Å². The van der Waals surface area contributed by atoms with Crippen LogP contribution < -0.4 is 26.4 Å². The molecule has 2 aromatic carbocycles. The first-order valence-corrected chi connectivity index (χ1v) is 9.38. The molecule has 2 heterocycles. The van der Waals surface area contributed by atoms with Gasteiger partial charge in [-0.1, -0.05) is 29.8 Å². The van der Waals surface area contributed by atoms with Crippen molar-refractivity contribution in [2.45, 2.75) is 45.9 Å². The minimum absolute atomic E-state index is 0. The average molecular weight is 449 g/mol. The second-order valence-electron chi connectivity index (χ2n) is 6.99. The van der Waals surface area contributed by atoms with E-state index in [1.54, 1.807) is 12.1 Å². The molecule has 0 unspecified atom stereocenters. The van der Waals surface area contributed by atoms with Crippen molar-refractivity contribution in [3.05, 3.63) is 60.2 Å². The van der Waals surface area contributed by atoms with Crippen LogP contribution in [-0.2, 0) is 13.1 Å². The predicted molar refractivity (Wildman–Crippen MR) is 101 cm³/mol. The quantitative estimate of drug-likeness (QED) is 0.559. The second kappa shape index (κ2) is 8.86. The van der Waals surface area contributed by atoms with Crippen LogP contribution in [0.2, 0.25) is 0 Å². The summed E-state index contributed by atoms with van der Waals surface area (Å²) in [5.74, 6) is 0.183. The van der Waals surface area contributed by atoms with Crippen molar-refractivity contribution in [2.24, 2.45) is 0 Å². The highest BCUT2D eigenvalue weighted by Crippen LogP contribution is 2.28. The minimum Gasteiger partial charge on any atom is -1.00 e. The number of alkyl halides is 2. The topological polar surface area (TPSA) is 18.0 Å². The Bertz CT molecular complexity index is 921. The highest BCUT2D eigenvalue weighted by molar-refractivity contribution is 5.67. The largest absolute Gasteiger partial charge is 1.00 e. The zero-order valence-electron chi connectivity index (χ0n) is 15.7. The molecule has 1 aliphatic rings. The number of hydrogen-bond donors (Lipinski definition) is 0. The fourth-order valence-electron chi connectivity index (χ4n) is 3.72. The Labute approximate surface area is 174 Å². The van der Waals surface area contributed by atoms with E-state index in [0.29, 0.717) is 0 Å². The van der Waals surface area contributed by atoms with Gasteiger partial charge in [0.2, 0.25) is 5.69 Å². The van der Waals surface area contributed by atoms with Crippen molar-refractivity contribution in [3.63, 3.8) is 0 Å². The van der Waals surface area contributed by atoms with Crippen molar-refractivity contribution in [1.82, 2.24) is 4.68 Å². The van der Waals surface area contributed by atoms with E-state index in [2.05, 4.69) is 51.4 Å². The average Bonchev–Trinajstić information content (AvgIpc) is 2.84. The number of benzene rings is 2. The molecule has 3 nitrogen and oxygen atoms in total. The Morgan fingerprint density at radius 2 is 1.61 bits per heavy atom. The molecule has 148 valence electrons. The maximum Gasteiger partial charge on any atom is 0.387 e. The summed E-state index contributed by atoms with van der Waals surface area (Å²) in [6, 6.07) is 17.7. The summed E-state index contributed by atoms with van der Waals surface area (Å²) in [7, 11) is 0.